The molecule has 0 saturated carbocycles. The predicted octanol–water partition coefficient (Wildman–Crippen LogP) is 1.94. The summed E-state index contributed by atoms with van der Waals surface area (Å²) in [6.07, 6.45) is 4.03. The maximum absolute atomic E-state index is 12.8. The molecule has 2 atom stereocenters. The molecule has 0 aliphatic carbocycles. The lowest BCUT2D eigenvalue weighted by atomic mass is 9.88. The minimum atomic E-state index is -1.09. The van der Waals surface area contributed by atoms with E-state index in [-0.39, 0.29) is 11.6 Å². The molecular formula is C15H26N2O4. The highest BCUT2D eigenvalue weighted by molar-refractivity contribution is 5.86. The topological polar surface area (TPSA) is 70.1 Å². The number of amides is 2. The fourth-order valence-corrected chi connectivity index (χ4v) is 3.36. The average Bonchev–Trinajstić information content (AvgIpc) is 2.47. The molecule has 6 nitrogen and oxygen atoms in total. The number of aliphatic carboxylic acids is 1. The Bertz CT molecular complexity index is 428. The van der Waals surface area contributed by atoms with E-state index in [4.69, 9.17) is 4.74 Å². The second-order valence-corrected chi connectivity index (χ2v) is 6.65. The van der Waals surface area contributed by atoms with Crippen molar-refractivity contribution in [2.45, 2.75) is 57.1 Å². The van der Waals surface area contributed by atoms with Gasteiger partial charge >= 0.3 is 12.0 Å². The Labute approximate surface area is 126 Å². The summed E-state index contributed by atoms with van der Waals surface area (Å²) in [6.45, 7) is 5.37. The summed E-state index contributed by atoms with van der Waals surface area (Å²) in [5.74, 6) is -0.915. The van der Waals surface area contributed by atoms with Crippen LogP contribution in [0.4, 0.5) is 4.79 Å². The fraction of sp³-hybridized carbons (Fsp3) is 0.867. The van der Waals surface area contributed by atoms with Crippen molar-refractivity contribution in [3.63, 3.8) is 0 Å². The van der Waals surface area contributed by atoms with Gasteiger partial charge in [0.2, 0.25) is 0 Å². The zero-order valence-electron chi connectivity index (χ0n) is 13.2. The second kappa shape index (κ2) is 5.83. The SMILES string of the molecule is COC1(C)CCCN(C(=O)N2CCCCC2(C)C(=O)O)C1. The highest BCUT2D eigenvalue weighted by Crippen LogP contribution is 2.31. The Morgan fingerprint density at radius 1 is 1.10 bits per heavy atom. The molecule has 2 unspecified atom stereocenters. The van der Waals surface area contributed by atoms with E-state index in [0.29, 0.717) is 26.1 Å². The van der Waals surface area contributed by atoms with Gasteiger partial charge in [-0.05, 0) is 46.0 Å². The van der Waals surface area contributed by atoms with Gasteiger partial charge in [0.25, 0.3) is 0 Å². The van der Waals surface area contributed by atoms with Crippen LogP contribution in [-0.4, -0.2) is 64.8 Å². The van der Waals surface area contributed by atoms with Crippen LogP contribution in [0.1, 0.15) is 46.0 Å². The quantitative estimate of drug-likeness (QED) is 0.845. The summed E-state index contributed by atoms with van der Waals surface area (Å²) in [7, 11) is 1.66. The molecular weight excluding hydrogens is 272 g/mol. The molecule has 6 heteroatoms. The number of hydrogen-bond acceptors (Lipinski definition) is 3. The standard InChI is InChI=1S/C15H26N2O4/c1-14(21-3)7-6-9-16(11-14)13(20)17-10-5-4-8-15(17,2)12(18)19/h4-11H2,1-3H3,(H,18,19). The Hall–Kier alpha value is -1.30. The molecule has 0 aromatic rings. The highest BCUT2D eigenvalue weighted by atomic mass is 16.5. The van der Waals surface area contributed by atoms with E-state index in [1.54, 1.807) is 23.8 Å². The van der Waals surface area contributed by atoms with Crippen LogP contribution >= 0.6 is 0 Å². The van der Waals surface area contributed by atoms with Crippen LogP contribution in [0.25, 0.3) is 0 Å². The Morgan fingerprint density at radius 2 is 1.81 bits per heavy atom. The molecule has 2 fully saturated rings. The van der Waals surface area contributed by atoms with Crippen molar-refractivity contribution in [3.8, 4) is 0 Å². The van der Waals surface area contributed by atoms with Crippen LogP contribution in [0.5, 0.6) is 0 Å². The van der Waals surface area contributed by atoms with Crippen LogP contribution in [-0.2, 0) is 9.53 Å². The molecule has 2 aliphatic heterocycles. The number of rotatable bonds is 2. The monoisotopic (exact) mass is 298 g/mol. The average molecular weight is 298 g/mol. The number of methoxy groups -OCH3 is 1. The van der Waals surface area contributed by atoms with E-state index >= 15 is 0 Å². The summed E-state index contributed by atoms with van der Waals surface area (Å²) in [5, 5.41) is 9.53. The summed E-state index contributed by atoms with van der Waals surface area (Å²) < 4.78 is 5.52. The van der Waals surface area contributed by atoms with E-state index in [0.717, 1.165) is 25.7 Å². The Morgan fingerprint density at radius 3 is 2.43 bits per heavy atom. The van der Waals surface area contributed by atoms with Crippen molar-refractivity contribution >= 4 is 12.0 Å². The zero-order chi connectivity index (χ0) is 15.7. The fourth-order valence-electron chi connectivity index (χ4n) is 3.36. The highest BCUT2D eigenvalue weighted by Gasteiger charge is 2.46. The number of carbonyl (C=O) groups excluding carboxylic acids is 1. The lowest BCUT2D eigenvalue weighted by molar-refractivity contribution is -0.151. The van der Waals surface area contributed by atoms with Crippen molar-refractivity contribution in [2.24, 2.45) is 0 Å². The van der Waals surface area contributed by atoms with Gasteiger partial charge in [-0.25, -0.2) is 9.59 Å². The van der Waals surface area contributed by atoms with Gasteiger partial charge in [0, 0.05) is 20.2 Å². The molecule has 2 rings (SSSR count). The Balaban J connectivity index is 2.16. The van der Waals surface area contributed by atoms with E-state index in [1.807, 2.05) is 6.92 Å². The van der Waals surface area contributed by atoms with Crippen molar-refractivity contribution in [3.05, 3.63) is 0 Å². The van der Waals surface area contributed by atoms with Gasteiger partial charge in [-0.3, -0.25) is 0 Å². The summed E-state index contributed by atoms with van der Waals surface area (Å²) in [5.41, 5.74) is -1.42. The number of carboxylic acid groups (broad SMARTS) is 1. The number of urea groups is 1. The van der Waals surface area contributed by atoms with Gasteiger partial charge in [-0.2, -0.15) is 0 Å². The van der Waals surface area contributed by atoms with Gasteiger partial charge in [0.05, 0.1) is 12.1 Å². The number of ether oxygens (including phenoxy) is 1. The molecule has 2 aliphatic rings. The van der Waals surface area contributed by atoms with Crippen molar-refractivity contribution in [1.29, 1.82) is 0 Å². The minimum absolute atomic E-state index is 0.164. The molecule has 0 aromatic heterocycles. The van der Waals surface area contributed by atoms with E-state index in [2.05, 4.69) is 0 Å². The van der Waals surface area contributed by atoms with Gasteiger partial charge in [0.1, 0.15) is 5.54 Å². The first-order valence-electron chi connectivity index (χ1n) is 7.67. The lowest BCUT2D eigenvalue weighted by Crippen LogP contribution is -2.62. The van der Waals surface area contributed by atoms with Crippen molar-refractivity contribution in [1.82, 2.24) is 9.80 Å². The first kappa shape index (κ1) is 16.1. The molecule has 0 bridgehead atoms. The number of piperidine rings is 2. The van der Waals surface area contributed by atoms with Crippen LogP contribution in [0.3, 0.4) is 0 Å². The molecule has 2 amide bonds. The van der Waals surface area contributed by atoms with Gasteiger partial charge in [-0.1, -0.05) is 0 Å². The smallest absolute Gasteiger partial charge is 0.329 e. The zero-order valence-corrected chi connectivity index (χ0v) is 13.2. The molecule has 2 heterocycles. The molecule has 0 aromatic carbocycles. The summed E-state index contributed by atoms with van der Waals surface area (Å²) in [6, 6.07) is -0.164. The number of likely N-dealkylation sites (tertiary alicyclic amines) is 2. The summed E-state index contributed by atoms with van der Waals surface area (Å²) >= 11 is 0. The molecule has 1 N–H and O–H groups in total. The number of carbonyl (C=O) groups is 2. The number of nitrogens with zero attached hydrogens (tertiary/aromatic N) is 2. The summed E-state index contributed by atoms with van der Waals surface area (Å²) in [4.78, 5) is 27.7. The van der Waals surface area contributed by atoms with E-state index < -0.39 is 11.5 Å². The van der Waals surface area contributed by atoms with Crippen LogP contribution in [0.2, 0.25) is 0 Å². The van der Waals surface area contributed by atoms with Gasteiger partial charge in [0.15, 0.2) is 0 Å². The molecule has 120 valence electrons. The van der Waals surface area contributed by atoms with Crippen LogP contribution < -0.4 is 0 Å². The van der Waals surface area contributed by atoms with Gasteiger partial charge in [-0.15, -0.1) is 0 Å². The van der Waals surface area contributed by atoms with E-state index in [1.165, 1.54) is 0 Å². The maximum atomic E-state index is 12.8. The molecule has 2 saturated heterocycles. The lowest BCUT2D eigenvalue weighted by Gasteiger charge is -2.46. The number of carboxylic acids is 1. The third kappa shape index (κ3) is 3.00. The van der Waals surface area contributed by atoms with Crippen LogP contribution in [0, 0.1) is 0 Å². The molecule has 0 radical (unpaired) electrons. The van der Waals surface area contributed by atoms with Crippen LogP contribution in [0.15, 0.2) is 0 Å². The largest absolute Gasteiger partial charge is 0.480 e. The Kier molecular flexibility index (Phi) is 4.46. The predicted molar refractivity (Wildman–Crippen MR) is 78.2 cm³/mol. The number of hydrogen-bond donors (Lipinski definition) is 1. The third-order valence-electron chi connectivity index (χ3n) is 5.00. The second-order valence-electron chi connectivity index (χ2n) is 6.65. The minimum Gasteiger partial charge on any atom is -0.480 e. The first-order valence-corrected chi connectivity index (χ1v) is 7.67. The molecule has 0 spiro atoms. The van der Waals surface area contributed by atoms with E-state index in [9.17, 15) is 14.7 Å². The maximum Gasteiger partial charge on any atom is 0.329 e. The third-order valence-corrected chi connectivity index (χ3v) is 5.00. The van der Waals surface area contributed by atoms with Crippen molar-refractivity contribution < 1.29 is 19.4 Å². The van der Waals surface area contributed by atoms with Crippen molar-refractivity contribution in [2.75, 3.05) is 26.7 Å². The first-order chi connectivity index (χ1) is 9.82. The molecule has 21 heavy (non-hydrogen) atoms. The van der Waals surface area contributed by atoms with Gasteiger partial charge < -0.3 is 19.6 Å². The normalized spacial score (nSPS) is 33.9.